The van der Waals surface area contributed by atoms with E-state index in [1.54, 1.807) is 11.3 Å². The molecule has 1 saturated heterocycles. The second-order valence-corrected chi connectivity index (χ2v) is 5.68. The van der Waals surface area contributed by atoms with E-state index < -0.39 is 0 Å². The molecule has 96 valence electrons. The molecule has 1 aromatic rings. The maximum Gasteiger partial charge on any atom is 0.185 e. The van der Waals surface area contributed by atoms with Crippen molar-refractivity contribution >= 4 is 16.5 Å². The Morgan fingerprint density at radius 3 is 2.88 bits per heavy atom. The van der Waals surface area contributed by atoms with E-state index in [1.807, 2.05) is 0 Å². The number of anilines is 1. The second-order valence-electron chi connectivity index (χ2n) is 4.62. The van der Waals surface area contributed by atoms with Crippen LogP contribution >= 0.6 is 11.3 Å². The highest BCUT2D eigenvalue weighted by molar-refractivity contribution is 7.15. The van der Waals surface area contributed by atoms with E-state index in [0.717, 1.165) is 43.5 Å². The molecule has 1 aliphatic rings. The summed E-state index contributed by atoms with van der Waals surface area (Å²) in [6.07, 6.45) is 1.08. The van der Waals surface area contributed by atoms with Gasteiger partial charge in [0.1, 0.15) is 0 Å². The molecule has 2 rings (SSSR count). The number of aromatic nitrogens is 1. The van der Waals surface area contributed by atoms with Gasteiger partial charge in [-0.05, 0) is 12.3 Å². The molecule has 5 heteroatoms. The van der Waals surface area contributed by atoms with Gasteiger partial charge < -0.3 is 15.4 Å². The summed E-state index contributed by atoms with van der Waals surface area (Å²) in [6.45, 7) is 8.57. The first kappa shape index (κ1) is 12.8. The minimum absolute atomic E-state index is 0.446. The Morgan fingerprint density at radius 1 is 1.41 bits per heavy atom. The summed E-state index contributed by atoms with van der Waals surface area (Å²) in [6, 6.07) is 0. The van der Waals surface area contributed by atoms with E-state index in [2.05, 4.69) is 18.7 Å². The van der Waals surface area contributed by atoms with Crippen LogP contribution in [-0.4, -0.2) is 31.3 Å². The van der Waals surface area contributed by atoms with Gasteiger partial charge in [0.25, 0.3) is 0 Å². The predicted molar refractivity (Wildman–Crippen MR) is 71.7 cm³/mol. The molecule has 0 aromatic carbocycles. The Labute approximate surface area is 107 Å². The van der Waals surface area contributed by atoms with E-state index in [9.17, 15) is 0 Å². The van der Waals surface area contributed by atoms with Crippen molar-refractivity contribution in [3.63, 3.8) is 0 Å². The van der Waals surface area contributed by atoms with Crippen LogP contribution in [0.3, 0.4) is 0 Å². The molecular formula is C12H21N3OS. The third-order valence-corrected chi connectivity index (χ3v) is 4.10. The van der Waals surface area contributed by atoms with Crippen LogP contribution in [0.2, 0.25) is 0 Å². The quantitative estimate of drug-likeness (QED) is 0.897. The molecule has 0 bridgehead atoms. The summed E-state index contributed by atoms with van der Waals surface area (Å²) in [5.74, 6) is 0.446. The van der Waals surface area contributed by atoms with Gasteiger partial charge in [-0.15, -0.1) is 11.3 Å². The molecule has 17 heavy (non-hydrogen) atoms. The van der Waals surface area contributed by atoms with E-state index >= 15 is 0 Å². The molecule has 4 nitrogen and oxygen atoms in total. The lowest BCUT2D eigenvalue weighted by molar-refractivity contribution is 0.152. The smallest absolute Gasteiger partial charge is 0.185 e. The SMILES string of the molecule is CC(C)c1nc(N2CCCOCC2)sc1CN. The van der Waals surface area contributed by atoms with Crippen molar-refractivity contribution < 1.29 is 4.74 Å². The third kappa shape index (κ3) is 2.97. The lowest BCUT2D eigenvalue weighted by Gasteiger charge is -2.17. The van der Waals surface area contributed by atoms with E-state index in [-0.39, 0.29) is 0 Å². The van der Waals surface area contributed by atoms with Gasteiger partial charge in [0.2, 0.25) is 0 Å². The second kappa shape index (κ2) is 5.80. The van der Waals surface area contributed by atoms with Crippen LogP contribution < -0.4 is 10.6 Å². The Morgan fingerprint density at radius 2 is 2.24 bits per heavy atom. The number of ether oxygens (including phenoxy) is 1. The van der Waals surface area contributed by atoms with Gasteiger partial charge in [0.15, 0.2) is 5.13 Å². The average Bonchev–Trinajstić information content (AvgIpc) is 2.57. The first-order chi connectivity index (χ1) is 8.22. The highest BCUT2D eigenvalue weighted by atomic mass is 32.1. The fourth-order valence-corrected chi connectivity index (χ4v) is 3.17. The molecule has 0 radical (unpaired) electrons. The number of thiazole rings is 1. The summed E-state index contributed by atoms with van der Waals surface area (Å²) < 4.78 is 5.47. The normalized spacial score (nSPS) is 17.5. The maximum atomic E-state index is 5.79. The molecule has 1 aliphatic heterocycles. The van der Waals surface area contributed by atoms with Crippen molar-refractivity contribution in [2.75, 3.05) is 31.2 Å². The summed E-state index contributed by atoms with van der Waals surface area (Å²) in [5, 5.41) is 1.11. The lowest BCUT2D eigenvalue weighted by Crippen LogP contribution is -2.25. The van der Waals surface area contributed by atoms with Crippen molar-refractivity contribution in [3.05, 3.63) is 10.6 Å². The van der Waals surface area contributed by atoms with Gasteiger partial charge in [-0.1, -0.05) is 13.8 Å². The van der Waals surface area contributed by atoms with E-state index in [1.165, 1.54) is 4.88 Å². The zero-order chi connectivity index (χ0) is 12.3. The first-order valence-corrected chi connectivity index (χ1v) is 7.06. The van der Waals surface area contributed by atoms with E-state index in [0.29, 0.717) is 12.5 Å². The summed E-state index contributed by atoms with van der Waals surface area (Å²) in [7, 11) is 0. The molecular weight excluding hydrogens is 234 g/mol. The van der Waals surface area contributed by atoms with Crippen LogP contribution in [0.15, 0.2) is 0 Å². The average molecular weight is 255 g/mol. The lowest BCUT2D eigenvalue weighted by atomic mass is 10.1. The van der Waals surface area contributed by atoms with Crippen LogP contribution in [0.4, 0.5) is 5.13 Å². The molecule has 0 atom stereocenters. The molecule has 0 spiro atoms. The third-order valence-electron chi connectivity index (χ3n) is 2.94. The molecule has 0 saturated carbocycles. The van der Waals surface area contributed by atoms with Crippen LogP contribution in [0, 0.1) is 0 Å². The van der Waals surface area contributed by atoms with Crippen molar-refractivity contribution in [3.8, 4) is 0 Å². The molecule has 2 N–H and O–H groups in total. The van der Waals surface area contributed by atoms with Gasteiger partial charge in [0.05, 0.1) is 12.3 Å². The standard InChI is InChI=1S/C12H21N3OS/c1-9(2)11-10(8-13)17-12(14-11)15-4-3-6-16-7-5-15/h9H,3-8,13H2,1-2H3. The molecule has 0 unspecified atom stereocenters. The zero-order valence-corrected chi connectivity index (χ0v) is 11.4. The largest absolute Gasteiger partial charge is 0.380 e. The Balaban J connectivity index is 2.19. The molecule has 1 aromatic heterocycles. The Bertz CT molecular complexity index is 357. The topological polar surface area (TPSA) is 51.4 Å². The number of rotatable bonds is 3. The van der Waals surface area contributed by atoms with Gasteiger partial charge in [0, 0.05) is 31.1 Å². The number of nitrogens with zero attached hydrogens (tertiary/aromatic N) is 2. The van der Waals surface area contributed by atoms with Crippen molar-refractivity contribution in [2.24, 2.45) is 5.73 Å². The highest BCUT2D eigenvalue weighted by Crippen LogP contribution is 2.30. The van der Waals surface area contributed by atoms with Crippen LogP contribution in [0.1, 0.15) is 36.8 Å². The number of hydrogen-bond donors (Lipinski definition) is 1. The van der Waals surface area contributed by atoms with Crippen molar-refractivity contribution in [1.82, 2.24) is 4.98 Å². The molecule has 2 heterocycles. The van der Waals surface area contributed by atoms with Crippen LogP contribution in [0.5, 0.6) is 0 Å². The van der Waals surface area contributed by atoms with Gasteiger partial charge >= 0.3 is 0 Å². The van der Waals surface area contributed by atoms with Crippen molar-refractivity contribution in [2.45, 2.75) is 32.7 Å². The Hall–Kier alpha value is -0.650. The van der Waals surface area contributed by atoms with Crippen LogP contribution in [0.25, 0.3) is 0 Å². The summed E-state index contributed by atoms with van der Waals surface area (Å²) >= 11 is 1.74. The molecule has 0 aliphatic carbocycles. The summed E-state index contributed by atoms with van der Waals surface area (Å²) in [4.78, 5) is 8.30. The monoisotopic (exact) mass is 255 g/mol. The highest BCUT2D eigenvalue weighted by Gasteiger charge is 2.18. The number of nitrogens with two attached hydrogens (primary N) is 1. The van der Waals surface area contributed by atoms with Gasteiger partial charge in [-0.3, -0.25) is 0 Å². The predicted octanol–water partition coefficient (Wildman–Crippen LogP) is 1.95. The summed E-state index contributed by atoms with van der Waals surface area (Å²) in [5.41, 5.74) is 6.95. The molecule has 0 amide bonds. The van der Waals surface area contributed by atoms with Crippen molar-refractivity contribution in [1.29, 1.82) is 0 Å². The minimum Gasteiger partial charge on any atom is -0.380 e. The maximum absolute atomic E-state index is 5.79. The number of hydrogen-bond acceptors (Lipinski definition) is 5. The molecule has 1 fully saturated rings. The Kier molecular flexibility index (Phi) is 4.36. The van der Waals surface area contributed by atoms with Gasteiger partial charge in [-0.2, -0.15) is 0 Å². The van der Waals surface area contributed by atoms with Gasteiger partial charge in [-0.25, -0.2) is 4.98 Å². The first-order valence-electron chi connectivity index (χ1n) is 6.24. The van der Waals surface area contributed by atoms with Crippen LogP contribution in [-0.2, 0) is 11.3 Å². The fraction of sp³-hybridized carbons (Fsp3) is 0.750. The minimum atomic E-state index is 0.446. The van der Waals surface area contributed by atoms with E-state index in [4.69, 9.17) is 15.5 Å². The zero-order valence-electron chi connectivity index (χ0n) is 10.6. The fourth-order valence-electron chi connectivity index (χ4n) is 2.02.